The third-order valence-electron chi connectivity index (χ3n) is 6.65. The number of imidazole rings is 1. The Kier molecular flexibility index (Phi) is 6.89. The van der Waals surface area contributed by atoms with E-state index in [1.54, 1.807) is 0 Å². The number of hydrogen-bond acceptors (Lipinski definition) is 3. The van der Waals surface area contributed by atoms with Gasteiger partial charge in [0.1, 0.15) is 0 Å². The summed E-state index contributed by atoms with van der Waals surface area (Å²) in [5, 5.41) is 0. The van der Waals surface area contributed by atoms with Gasteiger partial charge in [-0.3, -0.25) is 14.0 Å². The van der Waals surface area contributed by atoms with E-state index in [-0.39, 0.29) is 55.9 Å². The average molecular weight is 514 g/mol. The van der Waals surface area contributed by atoms with Crippen LogP contribution in [0.4, 0.5) is 26.3 Å². The number of benzene rings is 1. The second kappa shape index (κ2) is 9.62. The van der Waals surface area contributed by atoms with Crippen LogP contribution in [0.3, 0.4) is 0 Å². The van der Waals surface area contributed by atoms with Crippen LogP contribution < -0.4 is 11.3 Å². The van der Waals surface area contributed by atoms with Crippen molar-refractivity contribution in [3.63, 3.8) is 0 Å². The lowest BCUT2D eigenvalue weighted by atomic mass is 9.80. The van der Waals surface area contributed by atoms with Crippen LogP contribution in [0.5, 0.6) is 0 Å². The summed E-state index contributed by atoms with van der Waals surface area (Å²) in [6, 6.07) is 7.23. The number of halogens is 6. The number of rotatable bonds is 6. The highest BCUT2D eigenvalue weighted by atomic mass is 19.4. The van der Waals surface area contributed by atoms with E-state index in [0.717, 1.165) is 0 Å². The first-order valence-corrected chi connectivity index (χ1v) is 11.5. The van der Waals surface area contributed by atoms with E-state index in [1.807, 2.05) is 0 Å². The number of amides is 1. The summed E-state index contributed by atoms with van der Waals surface area (Å²) in [6.07, 6.45) is -8.06. The molecule has 12 heteroatoms. The summed E-state index contributed by atoms with van der Waals surface area (Å²) in [4.78, 5) is 28.8. The molecular formula is C24H24F6N4O2. The van der Waals surface area contributed by atoms with Gasteiger partial charge in [-0.2, -0.15) is 26.3 Å². The highest BCUT2D eigenvalue weighted by molar-refractivity contribution is 5.93. The van der Waals surface area contributed by atoms with E-state index in [2.05, 4.69) is 4.98 Å². The van der Waals surface area contributed by atoms with Gasteiger partial charge in [-0.15, -0.1) is 0 Å². The predicted molar refractivity (Wildman–Crippen MR) is 119 cm³/mol. The Bertz CT molecular complexity index is 1300. The minimum absolute atomic E-state index is 0.0463. The number of aromatic nitrogens is 3. The minimum atomic E-state index is -4.36. The Labute approximate surface area is 201 Å². The number of aryl methyl sites for hydroxylation is 1. The Morgan fingerprint density at radius 2 is 1.67 bits per heavy atom. The Morgan fingerprint density at radius 3 is 2.22 bits per heavy atom. The van der Waals surface area contributed by atoms with Gasteiger partial charge in [0.15, 0.2) is 0 Å². The molecule has 0 unspecified atom stereocenters. The lowest BCUT2D eigenvalue weighted by molar-refractivity contribution is -0.182. The highest BCUT2D eigenvalue weighted by Crippen LogP contribution is 2.42. The Balaban J connectivity index is 1.73. The first kappa shape index (κ1) is 25.8. The quantitative estimate of drug-likeness (QED) is 0.445. The van der Waals surface area contributed by atoms with Gasteiger partial charge in [-0.05, 0) is 49.8 Å². The summed E-state index contributed by atoms with van der Waals surface area (Å²) in [6.45, 7) is -0.104. The van der Waals surface area contributed by atoms with Crippen LogP contribution in [0.1, 0.15) is 60.5 Å². The first-order chi connectivity index (χ1) is 16.8. The van der Waals surface area contributed by atoms with Crippen LogP contribution in [-0.2, 0) is 6.54 Å². The SMILES string of the molecule is NC(=O)c1ccc(-c2cc(=O)n3cc([C@H]4CC[C@H](C(F)(F)F)CC4)nc3n2CCCC(F)(F)F)cc1. The van der Waals surface area contributed by atoms with E-state index in [9.17, 15) is 35.9 Å². The number of alkyl halides is 6. The smallest absolute Gasteiger partial charge is 0.366 e. The molecule has 0 saturated heterocycles. The normalized spacial score (nSPS) is 19.1. The zero-order chi connectivity index (χ0) is 26.3. The molecular weight excluding hydrogens is 490 g/mol. The maximum absolute atomic E-state index is 13.1. The fraction of sp³-hybridized carbons (Fsp3) is 0.458. The van der Waals surface area contributed by atoms with Crippen LogP contribution in [0.25, 0.3) is 17.0 Å². The van der Waals surface area contributed by atoms with Crippen molar-refractivity contribution < 1.29 is 31.1 Å². The molecule has 4 rings (SSSR count). The first-order valence-electron chi connectivity index (χ1n) is 11.5. The molecule has 0 bridgehead atoms. The van der Waals surface area contributed by atoms with Gasteiger partial charge in [0.25, 0.3) is 5.56 Å². The number of carbonyl (C=O) groups is 1. The van der Waals surface area contributed by atoms with Gasteiger partial charge >= 0.3 is 12.4 Å². The maximum atomic E-state index is 13.1. The highest BCUT2D eigenvalue weighted by Gasteiger charge is 2.42. The monoisotopic (exact) mass is 514 g/mol. The topological polar surface area (TPSA) is 82.4 Å². The molecule has 194 valence electrons. The van der Waals surface area contributed by atoms with Crippen molar-refractivity contribution in [1.29, 1.82) is 0 Å². The summed E-state index contributed by atoms with van der Waals surface area (Å²) in [7, 11) is 0. The zero-order valence-corrected chi connectivity index (χ0v) is 19.1. The Hall–Kier alpha value is -3.31. The van der Waals surface area contributed by atoms with Gasteiger partial charge < -0.3 is 10.3 Å². The Morgan fingerprint density at radius 1 is 1.03 bits per heavy atom. The maximum Gasteiger partial charge on any atom is 0.391 e. The van der Waals surface area contributed by atoms with Crippen molar-refractivity contribution in [3.05, 3.63) is 58.1 Å². The second-order valence-corrected chi connectivity index (χ2v) is 9.11. The molecule has 1 fully saturated rings. The van der Waals surface area contributed by atoms with Gasteiger partial charge in [0.2, 0.25) is 11.7 Å². The average Bonchev–Trinajstić information content (AvgIpc) is 3.25. The van der Waals surface area contributed by atoms with Crippen LogP contribution in [-0.4, -0.2) is 32.2 Å². The van der Waals surface area contributed by atoms with Crippen LogP contribution in [0.2, 0.25) is 0 Å². The van der Waals surface area contributed by atoms with Crippen LogP contribution >= 0.6 is 0 Å². The molecule has 2 aromatic heterocycles. The summed E-state index contributed by atoms with van der Waals surface area (Å²) >= 11 is 0. The second-order valence-electron chi connectivity index (χ2n) is 9.11. The fourth-order valence-electron chi connectivity index (χ4n) is 4.73. The van der Waals surface area contributed by atoms with Gasteiger partial charge in [0, 0.05) is 36.7 Å². The standard InChI is InChI=1S/C24H24F6N4O2/c25-23(26,27)10-1-11-33-19(15-2-4-16(5-3-15)21(31)36)12-20(35)34-13-18(32-22(33)34)14-6-8-17(9-7-14)24(28,29)30/h2-5,12-14,17H,1,6-11H2,(H2,31,36)/t14-,17-. The molecule has 1 saturated carbocycles. The van der Waals surface area contributed by atoms with Crippen molar-refractivity contribution in [3.8, 4) is 11.3 Å². The van der Waals surface area contributed by atoms with E-state index in [0.29, 0.717) is 17.0 Å². The molecule has 0 aliphatic heterocycles. The lowest BCUT2D eigenvalue weighted by Crippen LogP contribution is -2.27. The zero-order valence-electron chi connectivity index (χ0n) is 19.1. The van der Waals surface area contributed by atoms with Crippen LogP contribution in [0.15, 0.2) is 41.3 Å². The van der Waals surface area contributed by atoms with Crippen molar-refractivity contribution in [2.75, 3.05) is 0 Å². The fourth-order valence-corrected chi connectivity index (χ4v) is 4.73. The number of fused-ring (bicyclic) bond motifs is 1. The molecule has 2 N–H and O–H groups in total. The molecule has 1 aromatic carbocycles. The summed E-state index contributed by atoms with van der Waals surface area (Å²) in [5.74, 6) is -2.20. The predicted octanol–water partition coefficient (Wildman–Crippen LogP) is 5.44. The summed E-state index contributed by atoms with van der Waals surface area (Å²) < 4.78 is 80.4. The molecule has 0 atom stereocenters. The van der Waals surface area contributed by atoms with Crippen LogP contribution in [0, 0.1) is 5.92 Å². The van der Waals surface area contributed by atoms with Crippen molar-refractivity contribution in [1.82, 2.24) is 14.0 Å². The molecule has 1 aliphatic carbocycles. The molecule has 36 heavy (non-hydrogen) atoms. The van der Waals surface area contributed by atoms with E-state index >= 15 is 0 Å². The van der Waals surface area contributed by atoms with Crippen molar-refractivity contribution in [2.45, 2.75) is 63.3 Å². The summed E-state index contributed by atoms with van der Waals surface area (Å²) in [5.41, 5.74) is 6.24. The van der Waals surface area contributed by atoms with E-state index in [1.165, 1.54) is 45.5 Å². The van der Waals surface area contributed by atoms with E-state index < -0.39 is 36.2 Å². The third kappa shape index (κ3) is 5.57. The largest absolute Gasteiger partial charge is 0.391 e. The number of primary amides is 1. The molecule has 0 spiro atoms. The molecule has 1 amide bonds. The third-order valence-corrected chi connectivity index (χ3v) is 6.65. The van der Waals surface area contributed by atoms with Gasteiger partial charge in [-0.1, -0.05) is 12.1 Å². The number of hydrogen-bond donors (Lipinski definition) is 1. The minimum Gasteiger partial charge on any atom is -0.366 e. The molecule has 6 nitrogen and oxygen atoms in total. The lowest BCUT2D eigenvalue weighted by Gasteiger charge is -2.28. The van der Waals surface area contributed by atoms with Gasteiger partial charge in [-0.25, -0.2) is 4.98 Å². The molecule has 3 aromatic rings. The number of nitrogens with two attached hydrogens (primary N) is 1. The van der Waals surface area contributed by atoms with Gasteiger partial charge in [0.05, 0.1) is 17.3 Å². The number of nitrogens with zero attached hydrogens (tertiary/aromatic N) is 3. The van der Waals surface area contributed by atoms with E-state index in [4.69, 9.17) is 5.73 Å². The molecule has 2 heterocycles. The van der Waals surface area contributed by atoms with Crippen molar-refractivity contribution >= 4 is 11.7 Å². The molecule has 1 aliphatic rings. The van der Waals surface area contributed by atoms with Crippen molar-refractivity contribution in [2.24, 2.45) is 11.7 Å². The number of carbonyl (C=O) groups excluding carboxylic acids is 1. The molecule has 0 radical (unpaired) electrons.